The van der Waals surface area contributed by atoms with Crippen LogP contribution in [0.1, 0.15) is 48.6 Å². The molecule has 0 bridgehead atoms. The monoisotopic (exact) mass is 293 g/mol. The van der Waals surface area contributed by atoms with Gasteiger partial charge in [-0.05, 0) is 39.5 Å². The van der Waals surface area contributed by atoms with Crippen LogP contribution >= 0.6 is 0 Å². The van der Waals surface area contributed by atoms with Crippen LogP contribution in [-0.2, 0) is 16.0 Å². The molecular weight excluding hydrogens is 266 g/mol. The third kappa shape index (κ3) is 4.46. The lowest BCUT2D eigenvalue weighted by Gasteiger charge is -2.18. The van der Waals surface area contributed by atoms with E-state index in [0.29, 0.717) is 19.1 Å². The van der Waals surface area contributed by atoms with Crippen LogP contribution in [0.2, 0.25) is 0 Å². The zero-order valence-electron chi connectivity index (χ0n) is 13.6. The Labute approximate surface area is 127 Å². The van der Waals surface area contributed by atoms with Crippen molar-refractivity contribution in [3.63, 3.8) is 0 Å². The number of ether oxygens (including phenoxy) is 2. The Morgan fingerprint density at radius 1 is 1.24 bits per heavy atom. The maximum atomic E-state index is 5.86. The SMILES string of the molecule is CCOC(c1nc(C)c(CNCCOC)c(C)n1)C1CC1. The number of hydrogen-bond acceptors (Lipinski definition) is 5. The Morgan fingerprint density at radius 2 is 1.90 bits per heavy atom. The summed E-state index contributed by atoms with van der Waals surface area (Å²) >= 11 is 0. The van der Waals surface area contributed by atoms with Crippen molar-refractivity contribution in [2.24, 2.45) is 5.92 Å². The van der Waals surface area contributed by atoms with Gasteiger partial charge < -0.3 is 14.8 Å². The van der Waals surface area contributed by atoms with Gasteiger partial charge in [-0.2, -0.15) is 0 Å². The molecule has 1 heterocycles. The minimum atomic E-state index is 0.0721. The van der Waals surface area contributed by atoms with Gasteiger partial charge in [-0.15, -0.1) is 0 Å². The summed E-state index contributed by atoms with van der Waals surface area (Å²) in [6, 6.07) is 0. The molecule has 1 aromatic rings. The van der Waals surface area contributed by atoms with Crippen molar-refractivity contribution in [3.05, 3.63) is 22.8 Å². The van der Waals surface area contributed by atoms with Gasteiger partial charge >= 0.3 is 0 Å². The molecule has 5 nitrogen and oxygen atoms in total. The van der Waals surface area contributed by atoms with Crippen molar-refractivity contribution >= 4 is 0 Å². The summed E-state index contributed by atoms with van der Waals surface area (Å²) in [6.45, 7) is 9.19. The molecule has 0 saturated heterocycles. The molecule has 118 valence electrons. The number of aromatic nitrogens is 2. The summed E-state index contributed by atoms with van der Waals surface area (Å²) in [6.07, 6.45) is 2.53. The lowest BCUT2D eigenvalue weighted by atomic mass is 10.1. The van der Waals surface area contributed by atoms with Crippen LogP contribution in [0, 0.1) is 19.8 Å². The topological polar surface area (TPSA) is 56.3 Å². The summed E-state index contributed by atoms with van der Waals surface area (Å²) in [5.74, 6) is 1.46. The number of rotatable bonds is 9. The molecule has 21 heavy (non-hydrogen) atoms. The summed E-state index contributed by atoms with van der Waals surface area (Å²) < 4.78 is 10.9. The van der Waals surface area contributed by atoms with Gasteiger partial charge in [0.2, 0.25) is 0 Å². The molecule has 0 aromatic carbocycles. The Hall–Kier alpha value is -1.04. The lowest BCUT2D eigenvalue weighted by molar-refractivity contribution is 0.0397. The van der Waals surface area contributed by atoms with Crippen LogP contribution in [0.5, 0.6) is 0 Å². The average molecular weight is 293 g/mol. The highest BCUT2D eigenvalue weighted by atomic mass is 16.5. The van der Waals surface area contributed by atoms with Gasteiger partial charge in [0.25, 0.3) is 0 Å². The fourth-order valence-corrected chi connectivity index (χ4v) is 2.54. The average Bonchev–Trinajstić information content (AvgIpc) is 3.27. The van der Waals surface area contributed by atoms with Gasteiger partial charge in [0.15, 0.2) is 5.82 Å². The van der Waals surface area contributed by atoms with Crippen molar-refractivity contribution < 1.29 is 9.47 Å². The molecule has 1 N–H and O–H groups in total. The zero-order chi connectivity index (χ0) is 15.2. The van der Waals surface area contributed by atoms with Crippen LogP contribution in [0.3, 0.4) is 0 Å². The molecule has 1 atom stereocenters. The molecule has 1 saturated carbocycles. The van der Waals surface area contributed by atoms with E-state index in [9.17, 15) is 0 Å². The van der Waals surface area contributed by atoms with E-state index >= 15 is 0 Å². The van der Waals surface area contributed by atoms with E-state index in [4.69, 9.17) is 19.4 Å². The molecule has 1 aliphatic rings. The summed E-state index contributed by atoms with van der Waals surface area (Å²) in [7, 11) is 1.71. The van der Waals surface area contributed by atoms with Crippen molar-refractivity contribution in [3.8, 4) is 0 Å². The minimum Gasteiger partial charge on any atom is -0.383 e. The Balaban J connectivity index is 2.08. The molecule has 1 aliphatic carbocycles. The maximum absolute atomic E-state index is 5.86. The van der Waals surface area contributed by atoms with Gasteiger partial charge in [0.1, 0.15) is 6.10 Å². The van der Waals surface area contributed by atoms with E-state index in [1.54, 1.807) is 7.11 Å². The Kier molecular flexibility index (Phi) is 6.08. The number of aryl methyl sites for hydroxylation is 2. The van der Waals surface area contributed by atoms with E-state index in [1.165, 1.54) is 18.4 Å². The van der Waals surface area contributed by atoms with Crippen LogP contribution in [0.25, 0.3) is 0 Å². The first-order valence-corrected chi connectivity index (χ1v) is 7.82. The smallest absolute Gasteiger partial charge is 0.157 e. The third-order valence-corrected chi connectivity index (χ3v) is 3.87. The Bertz CT molecular complexity index is 438. The molecule has 0 spiro atoms. The molecule has 0 aliphatic heterocycles. The number of nitrogens with one attached hydrogen (secondary N) is 1. The molecule has 1 unspecified atom stereocenters. The second kappa shape index (κ2) is 7.82. The molecule has 1 fully saturated rings. The van der Waals surface area contributed by atoms with Crippen molar-refractivity contribution in [2.45, 2.75) is 46.3 Å². The number of hydrogen-bond donors (Lipinski definition) is 1. The van der Waals surface area contributed by atoms with E-state index in [2.05, 4.69) is 19.2 Å². The first-order valence-electron chi connectivity index (χ1n) is 7.82. The Morgan fingerprint density at radius 3 is 2.43 bits per heavy atom. The van der Waals surface area contributed by atoms with Crippen LogP contribution in [-0.4, -0.2) is 36.8 Å². The first-order chi connectivity index (χ1) is 10.2. The first kappa shape index (κ1) is 16.3. The highest BCUT2D eigenvalue weighted by Gasteiger charge is 2.35. The van der Waals surface area contributed by atoms with E-state index in [0.717, 1.165) is 30.3 Å². The molecule has 0 radical (unpaired) electrons. The molecular formula is C16H27N3O2. The summed E-state index contributed by atoms with van der Waals surface area (Å²) in [5.41, 5.74) is 3.28. The summed E-state index contributed by atoms with van der Waals surface area (Å²) in [5, 5.41) is 3.36. The second-order valence-electron chi connectivity index (χ2n) is 5.61. The fraction of sp³-hybridized carbons (Fsp3) is 0.750. The molecule has 5 heteroatoms. The van der Waals surface area contributed by atoms with Gasteiger partial charge in [-0.1, -0.05) is 0 Å². The quantitative estimate of drug-likeness (QED) is 0.708. The highest BCUT2D eigenvalue weighted by Crippen LogP contribution is 2.42. The van der Waals surface area contributed by atoms with Crippen molar-refractivity contribution in [1.82, 2.24) is 15.3 Å². The zero-order valence-corrected chi connectivity index (χ0v) is 13.6. The van der Waals surface area contributed by atoms with Crippen molar-refractivity contribution in [1.29, 1.82) is 0 Å². The standard InChI is InChI=1S/C16H27N3O2/c1-5-21-15(13-6-7-13)16-18-11(2)14(12(3)19-16)10-17-8-9-20-4/h13,15,17H,5-10H2,1-4H3. The van der Waals surface area contributed by atoms with E-state index in [-0.39, 0.29) is 6.10 Å². The largest absolute Gasteiger partial charge is 0.383 e. The van der Waals surface area contributed by atoms with Crippen LogP contribution in [0.4, 0.5) is 0 Å². The van der Waals surface area contributed by atoms with Gasteiger partial charge in [-0.3, -0.25) is 0 Å². The maximum Gasteiger partial charge on any atom is 0.157 e. The predicted octanol–water partition coefficient (Wildman–Crippen LogP) is 2.32. The van der Waals surface area contributed by atoms with Gasteiger partial charge in [-0.25, -0.2) is 9.97 Å². The third-order valence-electron chi connectivity index (χ3n) is 3.87. The van der Waals surface area contributed by atoms with Crippen LogP contribution in [0.15, 0.2) is 0 Å². The molecule has 0 amide bonds. The molecule has 2 rings (SSSR count). The number of nitrogens with zero attached hydrogens (tertiary/aromatic N) is 2. The van der Waals surface area contributed by atoms with Gasteiger partial charge in [0, 0.05) is 43.8 Å². The molecule has 1 aromatic heterocycles. The second-order valence-corrected chi connectivity index (χ2v) is 5.61. The summed E-state index contributed by atoms with van der Waals surface area (Å²) in [4.78, 5) is 9.41. The lowest BCUT2D eigenvalue weighted by Crippen LogP contribution is -2.21. The highest BCUT2D eigenvalue weighted by molar-refractivity contribution is 5.25. The predicted molar refractivity (Wildman–Crippen MR) is 82.2 cm³/mol. The van der Waals surface area contributed by atoms with E-state index < -0.39 is 0 Å². The fourth-order valence-electron chi connectivity index (χ4n) is 2.54. The van der Waals surface area contributed by atoms with Gasteiger partial charge in [0.05, 0.1) is 6.61 Å². The minimum absolute atomic E-state index is 0.0721. The van der Waals surface area contributed by atoms with E-state index in [1.807, 2.05) is 6.92 Å². The van der Waals surface area contributed by atoms with Crippen molar-refractivity contribution in [2.75, 3.05) is 26.9 Å². The van der Waals surface area contributed by atoms with Crippen LogP contribution < -0.4 is 5.32 Å². The normalized spacial score (nSPS) is 16.2. The number of methoxy groups -OCH3 is 1.